The van der Waals surface area contributed by atoms with Crippen LogP contribution in [-0.4, -0.2) is 16.0 Å². The van der Waals surface area contributed by atoms with Crippen molar-refractivity contribution in [2.24, 2.45) is 0 Å². The molecule has 2 heterocycles. The summed E-state index contributed by atoms with van der Waals surface area (Å²) in [6.07, 6.45) is 1.58. The SMILES string of the molecule is O=C1S/C(=C\c2ccc(-c3ccc(Cl)c(Cl)c3)o2)C(=O)N1Cc1ccc(I)cc1. The fourth-order valence-electron chi connectivity index (χ4n) is 2.77. The number of carbonyl (C=O) groups is 2. The lowest BCUT2D eigenvalue weighted by Gasteiger charge is -2.12. The van der Waals surface area contributed by atoms with Gasteiger partial charge in [-0.15, -0.1) is 0 Å². The topological polar surface area (TPSA) is 50.5 Å². The predicted octanol–water partition coefficient (Wildman–Crippen LogP) is 7.09. The van der Waals surface area contributed by atoms with Crippen LogP contribution in [-0.2, 0) is 11.3 Å². The Morgan fingerprint density at radius 1 is 1.00 bits per heavy atom. The number of amides is 2. The lowest BCUT2D eigenvalue weighted by molar-refractivity contribution is -0.123. The molecule has 0 atom stereocenters. The maximum atomic E-state index is 12.7. The van der Waals surface area contributed by atoms with Gasteiger partial charge in [-0.2, -0.15) is 0 Å². The van der Waals surface area contributed by atoms with E-state index in [1.165, 1.54) is 4.90 Å². The second-order valence-corrected chi connectivity index (χ2v) is 9.28. The third kappa shape index (κ3) is 4.55. The van der Waals surface area contributed by atoms with Gasteiger partial charge in [0, 0.05) is 15.2 Å². The molecule has 1 aliphatic heterocycles. The first-order valence-corrected chi connectivity index (χ1v) is 11.1. The number of carbonyl (C=O) groups excluding carboxylic acids is 2. The largest absolute Gasteiger partial charge is 0.457 e. The molecule has 0 N–H and O–H groups in total. The second-order valence-electron chi connectivity index (χ2n) is 6.23. The van der Waals surface area contributed by atoms with Crippen LogP contribution < -0.4 is 0 Å². The molecule has 4 rings (SSSR count). The molecule has 0 unspecified atom stereocenters. The van der Waals surface area contributed by atoms with Gasteiger partial charge in [0.2, 0.25) is 0 Å². The Hall–Kier alpha value is -1.74. The smallest absolute Gasteiger partial charge is 0.293 e. The van der Waals surface area contributed by atoms with Gasteiger partial charge in [0.15, 0.2) is 0 Å². The third-order valence-electron chi connectivity index (χ3n) is 4.23. The minimum atomic E-state index is -0.328. The van der Waals surface area contributed by atoms with E-state index in [0.717, 1.165) is 26.5 Å². The van der Waals surface area contributed by atoms with Gasteiger partial charge in [0.25, 0.3) is 11.1 Å². The van der Waals surface area contributed by atoms with E-state index in [9.17, 15) is 9.59 Å². The number of hydrogen-bond acceptors (Lipinski definition) is 4. The summed E-state index contributed by atoms with van der Waals surface area (Å²) in [5, 5.41) is 0.596. The summed E-state index contributed by atoms with van der Waals surface area (Å²) in [7, 11) is 0. The number of rotatable bonds is 4. The zero-order valence-electron chi connectivity index (χ0n) is 14.7. The maximum absolute atomic E-state index is 12.7. The Balaban J connectivity index is 1.53. The van der Waals surface area contributed by atoms with Crippen LogP contribution in [0.15, 0.2) is 63.9 Å². The van der Waals surface area contributed by atoms with Crippen molar-refractivity contribution in [3.63, 3.8) is 0 Å². The van der Waals surface area contributed by atoms with Gasteiger partial charge in [-0.1, -0.05) is 35.3 Å². The van der Waals surface area contributed by atoms with Crippen molar-refractivity contribution in [1.82, 2.24) is 4.90 Å². The Morgan fingerprint density at radius 2 is 1.76 bits per heavy atom. The number of nitrogens with zero attached hydrogens (tertiary/aromatic N) is 1. The number of thioether (sulfide) groups is 1. The predicted molar refractivity (Wildman–Crippen MR) is 125 cm³/mol. The molecule has 1 aliphatic rings. The highest BCUT2D eigenvalue weighted by molar-refractivity contribution is 14.1. The summed E-state index contributed by atoms with van der Waals surface area (Å²) in [4.78, 5) is 26.6. The molecule has 2 aromatic carbocycles. The molecule has 2 amide bonds. The van der Waals surface area contributed by atoms with E-state index in [2.05, 4.69) is 22.6 Å². The first-order chi connectivity index (χ1) is 13.9. The molecule has 3 aromatic rings. The molecule has 1 fully saturated rings. The minimum Gasteiger partial charge on any atom is -0.457 e. The average Bonchev–Trinajstić information content (AvgIpc) is 3.26. The van der Waals surface area contributed by atoms with Gasteiger partial charge in [-0.3, -0.25) is 14.5 Å². The highest BCUT2D eigenvalue weighted by Gasteiger charge is 2.35. The molecule has 0 saturated carbocycles. The zero-order chi connectivity index (χ0) is 20.5. The van der Waals surface area contributed by atoms with E-state index in [4.69, 9.17) is 27.6 Å². The van der Waals surface area contributed by atoms with E-state index in [-0.39, 0.29) is 17.7 Å². The van der Waals surface area contributed by atoms with Crippen LogP contribution in [0.5, 0.6) is 0 Å². The standard InChI is InChI=1S/C21H12Cl2INO3S/c22-16-7-3-13(9-17(16)23)18-8-6-15(28-18)10-19-20(26)25(21(27)29-19)11-12-1-4-14(24)5-2-12/h1-10H,11H2/b19-10-. The molecule has 0 aliphatic carbocycles. The van der Waals surface area contributed by atoms with Gasteiger partial charge in [0.05, 0.1) is 21.5 Å². The molecule has 1 saturated heterocycles. The first kappa shape index (κ1) is 20.5. The summed E-state index contributed by atoms with van der Waals surface area (Å²) >= 11 is 15.1. The van der Waals surface area contributed by atoms with Gasteiger partial charge >= 0.3 is 0 Å². The Kier molecular flexibility index (Phi) is 6.06. The summed E-state index contributed by atoms with van der Waals surface area (Å²) in [6, 6.07) is 16.4. The molecule has 0 bridgehead atoms. The number of hydrogen-bond donors (Lipinski definition) is 0. The fourth-order valence-corrected chi connectivity index (χ4v) is 4.25. The minimum absolute atomic E-state index is 0.242. The van der Waals surface area contributed by atoms with Crippen LogP contribution in [0.1, 0.15) is 11.3 Å². The summed E-state index contributed by atoms with van der Waals surface area (Å²) in [5.74, 6) is 0.741. The molecule has 146 valence electrons. The highest BCUT2D eigenvalue weighted by Crippen LogP contribution is 2.35. The van der Waals surface area contributed by atoms with E-state index < -0.39 is 0 Å². The number of halogens is 3. The average molecular weight is 556 g/mol. The van der Waals surface area contributed by atoms with Crippen molar-refractivity contribution in [2.45, 2.75) is 6.54 Å². The lowest BCUT2D eigenvalue weighted by atomic mass is 10.2. The third-order valence-corrected chi connectivity index (χ3v) is 6.60. The monoisotopic (exact) mass is 555 g/mol. The first-order valence-electron chi connectivity index (χ1n) is 8.46. The van der Waals surface area contributed by atoms with Crippen LogP contribution in [0, 0.1) is 3.57 Å². The summed E-state index contributed by atoms with van der Waals surface area (Å²) < 4.78 is 6.90. The Labute approximate surface area is 195 Å². The molecular weight excluding hydrogens is 544 g/mol. The normalized spacial score (nSPS) is 15.6. The quantitative estimate of drug-likeness (QED) is 0.254. The van der Waals surface area contributed by atoms with Crippen molar-refractivity contribution < 1.29 is 14.0 Å². The van der Waals surface area contributed by atoms with Crippen LogP contribution in [0.2, 0.25) is 10.0 Å². The van der Waals surface area contributed by atoms with Gasteiger partial charge in [-0.05, 0) is 82.4 Å². The van der Waals surface area contributed by atoms with Crippen molar-refractivity contribution in [3.05, 3.63) is 84.4 Å². The maximum Gasteiger partial charge on any atom is 0.293 e. The Morgan fingerprint density at radius 3 is 2.48 bits per heavy atom. The summed E-state index contributed by atoms with van der Waals surface area (Å²) in [6.45, 7) is 0.242. The number of furan rings is 1. The molecule has 0 radical (unpaired) electrons. The van der Waals surface area contributed by atoms with Crippen molar-refractivity contribution in [1.29, 1.82) is 0 Å². The molecule has 1 aromatic heterocycles. The van der Waals surface area contributed by atoms with E-state index >= 15 is 0 Å². The zero-order valence-corrected chi connectivity index (χ0v) is 19.2. The highest BCUT2D eigenvalue weighted by atomic mass is 127. The van der Waals surface area contributed by atoms with Crippen LogP contribution in [0.3, 0.4) is 0 Å². The second kappa shape index (κ2) is 8.55. The molecule has 0 spiro atoms. The number of benzene rings is 2. The van der Waals surface area contributed by atoms with Gasteiger partial charge in [-0.25, -0.2) is 0 Å². The fraction of sp³-hybridized carbons (Fsp3) is 0.0476. The van der Waals surface area contributed by atoms with Crippen LogP contribution >= 0.6 is 57.6 Å². The van der Waals surface area contributed by atoms with Gasteiger partial charge in [0.1, 0.15) is 11.5 Å². The van der Waals surface area contributed by atoms with Crippen LogP contribution in [0.25, 0.3) is 17.4 Å². The molecule has 4 nitrogen and oxygen atoms in total. The van der Waals surface area contributed by atoms with Crippen LogP contribution in [0.4, 0.5) is 4.79 Å². The van der Waals surface area contributed by atoms with E-state index in [0.29, 0.717) is 26.5 Å². The van der Waals surface area contributed by atoms with E-state index in [1.54, 1.807) is 36.4 Å². The van der Waals surface area contributed by atoms with E-state index in [1.807, 2.05) is 24.3 Å². The molecule has 8 heteroatoms. The van der Waals surface area contributed by atoms with Crippen molar-refractivity contribution >= 4 is 74.8 Å². The lowest BCUT2D eigenvalue weighted by Crippen LogP contribution is -2.27. The van der Waals surface area contributed by atoms with Crippen molar-refractivity contribution in [2.75, 3.05) is 0 Å². The Bertz CT molecular complexity index is 1140. The van der Waals surface area contributed by atoms with Crippen molar-refractivity contribution in [3.8, 4) is 11.3 Å². The molecule has 29 heavy (non-hydrogen) atoms. The summed E-state index contributed by atoms with van der Waals surface area (Å²) in [5.41, 5.74) is 1.67. The number of imide groups is 1. The molecular formula is C21H12Cl2INO3S. The van der Waals surface area contributed by atoms with Gasteiger partial charge < -0.3 is 4.42 Å².